The molecule has 1 aliphatic carbocycles. The fraction of sp³-hybridized carbons (Fsp3) is 0.619. The zero-order valence-corrected chi connectivity index (χ0v) is 15.6. The Bertz CT molecular complexity index is 682. The Balaban J connectivity index is 1.48. The van der Waals surface area contributed by atoms with Crippen LogP contribution in [0.4, 0.5) is 0 Å². The number of ether oxygens (including phenoxy) is 1. The molecule has 2 fully saturated rings. The average molecular weight is 355 g/mol. The van der Waals surface area contributed by atoms with Gasteiger partial charge < -0.3 is 14.6 Å². The lowest BCUT2D eigenvalue weighted by Crippen LogP contribution is -2.41. The molecule has 1 saturated heterocycles. The summed E-state index contributed by atoms with van der Waals surface area (Å²) in [5, 5.41) is 7.97. The van der Waals surface area contributed by atoms with E-state index in [4.69, 9.17) is 9.26 Å². The number of hydrogen-bond donors (Lipinski definition) is 1. The molecule has 1 N–H and O–H groups in total. The molecule has 1 aromatic heterocycles. The van der Waals surface area contributed by atoms with Crippen molar-refractivity contribution in [1.82, 2.24) is 15.5 Å². The molecule has 26 heavy (non-hydrogen) atoms. The number of aromatic nitrogens is 2. The molecule has 1 saturated carbocycles. The third-order valence-corrected chi connectivity index (χ3v) is 5.94. The minimum absolute atomic E-state index is 0.140. The highest BCUT2D eigenvalue weighted by atomic mass is 16.5. The minimum atomic E-state index is 0.140. The van der Waals surface area contributed by atoms with Crippen molar-refractivity contribution in [3.05, 3.63) is 47.6 Å². The SMILES string of the molecule is Cc1noc([C@H](N[C@@H]2CCC[C@@H]2Cc2ccccc2)C2CCOCC2)n1. The van der Waals surface area contributed by atoms with Crippen molar-refractivity contribution >= 4 is 0 Å². The largest absolute Gasteiger partial charge is 0.381 e. The third kappa shape index (κ3) is 4.15. The van der Waals surface area contributed by atoms with E-state index in [2.05, 4.69) is 45.8 Å². The van der Waals surface area contributed by atoms with Crippen molar-refractivity contribution in [1.29, 1.82) is 0 Å². The van der Waals surface area contributed by atoms with Gasteiger partial charge in [-0.15, -0.1) is 0 Å². The second kappa shape index (κ2) is 8.31. The molecule has 0 radical (unpaired) electrons. The fourth-order valence-electron chi connectivity index (χ4n) is 4.55. The van der Waals surface area contributed by atoms with E-state index in [1.165, 1.54) is 24.8 Å². The summed E-state index contributed by atoms with van der Waals surface area (Å²) in [4.78, 5) is 4.56. The van der Waals surface area contributed by atoms with Gasteiger partial charge in [0.1, 0.15) is 0 Å². The zero-order valence-electron chi connectivity index (χ0n) is 15.6. The van der Waals surface area contributed by atoms with E-state index in [9.17, 15) is 0 Å². The molecular weight excluding hydrogens is 326 g/mol. The molecule has 0 amide bonds. The molecule has 140 valence electrons. The average Bonchev–Trinajstić information content (AvgIpc) is 3.30. The molecule has 0 unspecified atom stereocenters. The van der Waals surface area contributed by atoms with Gasteiger partial charge in [-0.1, -0.05) is 41.9 Å². The van der Waals surface area contributed by atoms with E-state index < -0.39 is 0 Å². The van der Waals surface area contributed by atoms with Gasteiger partial charge in [0.25, 0.3) is 0 Å². The topological polar surface area (TPSA) is 60.2 Å². The molecular formula is C21H29N3O2. The Morgan fingerprint density at radius 2 is 1.92 bits per heavy atom. The highest BCUT2D eigenvalue weighted by Gasteiger charge is 2.35. The van der Waals surface area contributed by atoms with E-state index in [0.29, 0.717) is 23.7 Å². The smallest absolute Gasteiger partial charge is 0.244 e. The van der Waals surface area contributed by atoms with Crippen LogP contribution in [-0.2, 0) is 11.2 Å². The lowest BCUT2D eigenvalue weighted by Gasteiger charge is -2.32. The predicted octanol–water partition coefficient (Wildman–Crippen LogP) is 3.85. The van der Waals surface area contributed by atoms with E-state index in [0.717, 1.165) is 38.4 Å². The second-order valence-corrected chi connectivity index (χ2v) is 7.76. The number of rotatable bonds is 6. The van der Waals surface area contributed by atoms with Crippen LogP contribution in [0.2, 0.25) is 0 Å². The van der Waals surface area contributed by atoms with Gasteiger partial charge in [-0.25, -0.2) is 0 Å². The number of hydrogen-bond acceptors (Lipinski definition) is 5. The Kier molecular flexibility index (Phi) is 5.65. The lowest BCUT2D eigenvalue weighted by atomic mass is 9.88. The summed E-state index contributed by atoms with van der Waals surface area (Å²) in [5.41, 5.74) is 1.43. The van der Waals surface area contributed by atoms with Crippen LogP contribution in [0.5, 0.6) is 0 Å². The summed E-state index contributed by atoms with van der Waals surface area (Å²) in [7, 11) is 0. The van der Waals surface area contributed by atoms with Crippen molar-refractivity contribution in [2.24, 2.45) is 11.8 Å². The van der Waals surface area contributed by atoms with Crippen molar-refractivity contribution in [2.75, 3.05) is 13.2 Å². The fourth-order valence-corrected chi connectivity index (χ4v) is 4.55. The summed E-state index contributed by atoms with van der Waals surface area (Å²) in [5.74, 6) is 2.64. The third-order valence-electron chi connectivity index (χ3n) is 5.94. The number of nitrogens with zero attached hydrogens (tertiary/aromatic N) is 2. The maximum absolute atomic E-state index is 5.58. The first-order valence-corrected chi connectivity index (χ1v) is 9.97. The first kappa shape index (κ1) is 17.7. The van der Waals surface area contributed by atoms with Gasteiger partial charge in [-0.2, -0.15) is 4.98 Å². The zero-order chi connectivity index (χ0) is 17.8. The Morgan fingerprint density at radius 1 is 1.12 bits per heavy atom. The Hall–Kier alpha value is -1.72. The molecule has 5 nitrogen and oxygen atoms in total. The van der Waals surface area contributed by atoms with Gasteiger partial charge >= 0.3 is 0 Å². The van der Waals surface area contributed by atoms with Gasteiger partial charge in [0.05, 0.1) is 6.04 Å². The van der Waals surface area contributed by atoms with E-state index in [1.54, 1.807) is 0 Å². The van der Waals surface area contributed by atoms with Crippen LogP contribution < -0.4 is 5.32 Å². The van der Waals surface area contributed by atoms with Crippen molar-refractivity contribution in [3.63, 3.8) is 0 Å². The summed E-state index contributed by atoms with van der Waals surface area (Å²) < 4.78 is 11.1. The molecule has 1 aromatic carbocycles. The summed E-state index contributed by atoms with van der Waals surface area (Å²) in [6, 6.07) is 11.5. The van der Waals surface area contributed by atoms with Crippen molar-refractivity contribution in [3.8, 4) is 0 Å². The molecule has 2 aromatic rings. The quantitative estimate of drug-likeness (QED) is 0.853. The molecule has 2 heterocycles. The first-order chi connectivity index (χ1) is 12.8. The van der Waals surface area contributed by atoms with Gasteiger partial charge in [-0.05, 0) is 56.4 Å². The summed E-state index contributed by atoms with van der Waals surface area (Å²) >= 11 is 0. The molecule has 4 rings (SSSR count). The predicted molar refractivity (Wildman–Crippen MR) is 99.7 cm³/mol. The molecule has 0 bridgehead atoms. The molecule has 3 atom stereocenters. The molecule has 2 aliphatic rings. The maximum atomic E-state index is 5.58. The molecule has 0 spiro atoms. The van der Waals surface area contributed by atoms with Crippen LogP contribution in [-0.4, -0.2) is 29.4 Å². The van der Waals surface area contributed by atoms with Crippen LogP contribution in [0.1, 0.15) is 55.4 Å². The highest BCUT2D eigenvalue weighted by Crippen LogP contribution is 2.35. The monoisotopic (exact) mass is 355 g/mol. The van der Waals surface area contributed by atoms with Crippen molar-refractivity contribution < 1.29 is 9.26 Å². The second-order valence-electron chi connectivity index (χ2n) is 7.76. The van der Waals surface area contributed by atoms with Crippen LogP contribution >= 0.6 is 0 Å². The van der Waals surface area contributed by atoms with Crippen LogP contribution in [0.25, 0.3) is 0 Å². The normalized spacial score (nSPS) is 25.4. The highest BCUT2D eigenvalue weighted by molar-refractivity contribution is 5.16. The van der Waals surface area contributed by atoms with Gasteiger partial charge in [0.15, 0.2) is 5.82 Å². The van der Waals surface area contributed by atoms with Crippen molar-refractivity contribution in [2.45, 2.75) is 57.5 Å². The Morgan fingerprint density at radius 3 is 2.65 bits per heavy atom. The number of aryl methyl sites for hydroxylation is 1. The van der Waals surface area contributed by atoms with Crippen LogP contribution in [0.3, 0.4) is 0 Å². The summed E-state index contributed by atoms with van der Waals surface area (Å²) in [6.45, 7) is 3.55. The van der Waals surface area contributed by atoms with Gasteiger partial charge in [0.2, 0.25) is 5.89 Å². The van der Waals surface area contributed by atoms with Gasteiger partial charge in [-0.3, -0.25) is 0 Å². The Labute approximate surface area is 155 Å². The summed E-state index contributed by atoms with van der Waals surface area (Å²) in [6.07, 6.45) is 7.05. The molecule has 1 aliphatic heterocycles. The van der Waals surface area contributed by atoms with Crippen LogP contribution in [0, 0.1) is 18.8 Å². The lowest BCUT2D eigenvalue weighted by molar-refractivity contribution is 0.0457. The van der Waals surface area contributed by atoms with Gasteiger partial charge in [0, 0.05) is 19.3 Å². The standard InChI is InChI=1S/C21H29N3O2/c1-15-22-21(26-24-15)20(17-10-12-25-13-11-17)23-19-9-5-8-18(19)14-16-6-3-2-4-7-16/h2-4,6-7,17-20,23H,5,8-14H2,1H3/t18-,19-,20-/m1/s1. The number of benzene rings is 1. The number of nitrogens with one attached hydrogen (secondary N) is 1. The first-order valence-electron chi connectivity index (χ1n) is 9.97. The van der Waals surface area contributed by atoms with E-state index >= 15 is 0 Å². The maximum Gasteiger partial charge on any atom is 0.244 e. The molecule has 5 heteroatoms. The van der Waals surface area contributed by atoms with Crippen LogP contribution in [0.15, 0.2) is 34.9 Å². The minimum Gasteiger partial charge on any atom is -0.381 e. The van der Waals surface area contributed by atoms with E-state index in [1.807, 2.05) is 6.92 Å². The van der Waals surface area contributed by atoms with E-state index in [-0.39, 0.29) is 6.04 Å².